The number of hydrogen-bond acceptors (Lipinski definition) is 3. The number of benzene rings is 2. The molecular weight excluding hydrogens is 447 g/mol. The summed E-state index contributed by atoms with van der Waals surface area (Å²) in [5.41, 5.74) is 1.88. The zero-order chi connectivity index (χ0) is 22.9. The third-order valence-corrected chi connectivity index (χ3v) is 7.03. The van der Waals surface area contributed by atoms with Crippen LogP contribution in [0.4, 0.5) is 4.39 Å². The Bertz CT molecular complexity index is 886. The Labute approximate surface area is 198 Å². The maximum atomic E-state index is 13.3. The van der Waals surface area contributed by atoms with E-state index in [1.165, 1.54) is 30.3 Å². The number of nitrogens with one attached hydrogen (secondary N) is 1. The average molecular weight is 477 g/mol. The molecule has 1 aliphatic rings. The van der Waals surface area contributed by atoms with Gasteiger partial charge >= 0.3 is 0 Å². The fourth-order valence-corrected chi connectivity index (χ4v) is 4.85. The smallest absolute Gasteiger partial charge is 0.242 e. The van der Waals surface area contributed by atoms with Gasteiger partial charge in [0.1, 0.15) is 11.9 Å². The first-order valence-corrected chi connectivity index (χ1v) is 12.6. The van der Waals surface area contributed by atoms with Crippen molar-refractivity contribution in [1.29, 1.82) is 0 Å². The summed E-state index contributed by atoms with van der Waals surface area (Å²) in [5.74, 6) is 0.365. The van der Waals surface area contributed by atoms with E-state index in [0.29, 0.717) is 10.8 Å². The molecule has 1 atom stereocenters. The van der Waals surface area contributed by atoms with Crippen LogP contribution in [0.25, 0.3) is 0 Å². The highest BCUT2D eigenvalue weighted by atomic mass is 35.5. The van der Waals surface area contributed by atoms with Gasteiger partial charge in [0.15, 0.2) is 0 Å². The van der Waals surface area contributed by atoms with Gasteiger partial charge in [-0.15, -0.1) is 11.8 Å². The zero-order valence-electron chi connectivity index (χ0n) is 18.4. The number of nitrogens with zero attached hydrogens (tertiary/aromatic N) is 1. The van der Waals surface area contributed by atoms with Crippen LogP contribution in [0.15, 0.2) is 48.5 Å². The van der Waals surface area contributed by atoms with Gasteiger partial charge in [0, 0.05) is 23.4 Å². The molecule has 0 bridgehead atoms. The summed E-state index contributed by atoms with van der Waals surface area (Å²) < 4.78 is 13.3. The first-order valence-electron chi connectivity index (χ1n) is 11.1. The lowest BCUT2D eigenvalue weighted by Crippen LogP contribution is -2.50. The van der Waals surface area contributed by atoms with Gasteiger partial charge in [0.2, 0.25) is 11.8 Å². The minimum atomic E-state index is -0.606. The van der Waals surface area contributed by atoms with Crippen LogP contribution < -0.4 is 5.32 Å². The Hall–Kier alpha value is -2.05. The molecule has 0 unspecified atom stereocenters. The Balaban J connectivity index is 1.64. The van der Waals surface area contributed by atoms with Gasteiger partial charge < -0.3 is 10.2 Å². The average Bonchev–Trinajstić information content (AvgIpc) is 2.80. The summed E-state index contributed by atoms with van der Waals surface area (Å²) in [6, 6.07) is 13.2. The largest absolute Gasteiger partial charge is 0.352 e. The predicted molar refractivity (Wildman–Crippen MR) is 129 cm³/mol. The highest BCUT2D eigenvalue weighted by molar-refractivity contribution is 7.99. The van der Waals surface area contributed by atoms with Gasteiger partial charge in [-0.25, -0.2) is 4.39 Å². The third kappa shape index (κ3) is 7.52. The van der Waals surface area contributed by atoms with Crippen molar-refractivity contribution in [3.8, 4) is 0 Å². The van der Waals surface area contributed by atoms with Crippen LogP contribution >= 0.6 is 23.4 Å². The molecule has 1 aliphatic carbocycles. The summed E-state index contributed by atoms with van der Waals surface area (Å²) in [6.45, 7) is 2.03. The van der Waals surface area contributed by atoms with E-state index >= 15 is 0 Å². The normalized spacial score (nSPS) is 15.2. The quantitative estimate of drug-likeness (QED) is 0.514. The highest BCUT2D eigenvalue weighted by Crippen LogP contribution is 2.20. The van der Waals surface area contributed by atoms with Crippen molar-refractivity contribution in [3.05, 3.63) is 70.5 Å². The first kappa shape index (κ1) is 24.6. The van der Waals surface area contributed by atoms with Crippen molar-refractivity contribution in [2.24, 2.45) is 0 Å². The molecule has 1 saturated carbocycles. The second kappa shape index (κ2) is 12.3. The highest BCUT2D eigenvalue weighted by Gasteiger charge is 2.28. The Morgan fingerprint density at radius 1 is 1.06 bits per heavy atom. The van der Waals surface area contributed by atoms with Gasteiger partial charge in [-0.05, 0) is 55.2 Å². The van der Waals surface area contributed by atoms with Crippen LogP contribution in [0, 0.1) is 5.82 Å². The van der Waals surface area contributed by atoms with Crippen molar-refractivity contribution < 1.29 is 14.0 Å². The summed E-state index contributed by atoms with van der Waals surface area (Å²) >= 11 is 7.43. The van der Waals surface area contributed by atoms with Crippen LogP contribution in [-0.2, 0) is 21.9 Å². The number of carbonyl (C=O) groups is 2. The van der Waals surface area contributed by atoms with Crippen molar-refractivity contribution in [2.45, 2.75) is 63.4 Å². The number of carbonyl (C=O) groups excluding carboxylic acids is 2. The van der Waals surface area contributed by atoms with E-state index in [1.54, 1.807) is 24.0 Å². The molecule has 172 valence electrons. The van der Waals surface area contributed by atoms with Crippen LogP contribution in [0.3, 0.4) is 0 Å². The molecule has 0 radical (unpaired) electrons. The van der Waals surface area contributed by atoms with E-state index in [2.05, 4.69) is 5.32 Å². The summed E-state index contributed by atoms with van der Waals surface area (Å²) in [4.78, 5) is 27.7. The molecule has 3 rings (SSSR count). The molecule has 4 nitrogen and oxygen atoms in total. The summed E-state index contributed by atoms with van der Waals surface area (Å²) in [5, 5.41) is 3.80. The van der Waals surface area contributed by atoms with Crippen LogP contribution in [-0.4, -0.2) is 34.6 Å². The lowest BCUT2D eigenvalue weighted by molar-refractivity contribution is -0.139. The standard InChI is InChI=1S/C25H30ClFN2O2S/c1-18(25(31)28-23-5-3-2-4-6-23)29(15-19-9-13-22(27)14-10-19)24(30)17-32-16-20-7-11-21(26)12-8-20/h7-14,18,23H,2-6,15-17H2,1H3,(H,28,31)/t18-/m0/s1. The van der Waals surface area contributed by atoms with Crippen molar-refractivity contribution in [1.82, 2.24) is 10.2 Å². The number of rotatable bonds is 9. The molecule has 2 amide bonds. The topological polar surface area (TPSA) is 49.4 Å². The van der Waals surface area contributed by atoms with E-state index in [0.717, 1.165) is 36.8 Å². The number of hydrogen-bond donors (Lipinski definition) is 1. The van der Waals surface area contributed by atoms with Crippen LogP contribution in [0.2, 0.25) is 5.02 Å². The Kier molecular flexibility index (Phi) is 9.42. The van der Waals surface area contributed by atoms with Gasteiger partial charge in [0.25, 0.3) is 0 Å². The monoisotopic (exact) mass is 476 g/mol. The fraction of sp³-hybridized carbons (Fsp3) is 0.440. The van der Waals surface area contributed by atoms with Gasteiger partial charge in [-0.3, -0.25) is 9.59 Å². The first-order chi connectivity index (χ1) is 15.4. The minimum Gasteiger partial charge on any atom is -0.352 e. The van der Waals surface area contributed by atoms with Crippen LogP contribution in [0.1, 0.15) is 50.2 Å². The molecule has 0 spiro atoms. The minimum absolute atomic E-state index is 0.111. The molecule has 32 heavy (non-hydrogen) atoms. The second-order valence-electron chi connectivity index (χ2n) is 8.29. The Morgan fingerprint density at radius 2 is 1.69 bits per heavy atom. The summed E-state index contributed by atoms with van der Waals surface area (Å²) in [6.07, 6.45) is 5.43. The van der Waals surface area contributed by atoms with Gasteiger partial charge in [-0.1, -0.05) is 55.1 Å². The van der Waals surface area contributed by atoms with Gasteiger partial charge in [0.05, 0.1) is 5.75 Å². The van der Waals surface area contributed by atoms with Crippen molar-refractivity contribution >= 4 is 35.2 Å². The number of halogens is 2. The van der Waals surface area contributed by atoms with Crippen molar-refractivity contribution in [3.63, 3.8) is 0 Å². The molecule has 0 saturated heterocycles. The third-order valence-electron chi connectivity index (χ3n) is 5.79. The van der Waals surface area contributed by atoms with E-state index in [4.69, 9.17) is 11.6 Å². The van der Waals surface area contributed by atoms with Gasteiger partial charge in [-0.2, -0.15) is 0 Å². The maximum absolute atomic E-state index is 13.3. The van der Waals surface area contributed by atoms with E-state index in [-0.39, 0.29) is 36.0 Å². The lowest BCUT2D eigenvalue weighted by atomic mass is 9.95. The van der Waals surface area contributed by atoms with E-state index < -0.39 is 6.04 Å². The summed E-state index contributed by atoms with van der Waals surface area (Å²) in [7, 11) is 0. The zero-order valence-corrected chi connectivity index (χ0v) is 19.9. The molecular formula is C25H30ClFN2O2S. The number of thioether (sulfide) groups is 1. The molecule has 7 heteroatoms. The molecule has 1 N–H and O–H groups in total. The SMILES string of the molecule is C[C@@H](C(=O)NC1CCCCC1)N(Cc1ccc(F)cc1)C(=O)CSCc1ccc(Cl)cc1. The molecule has 2 aromatic rings. The molecule has 0 aliphatic heterocycles. The van der Waals surface area contributed by atoms with E-state index in [9.17, 15) is 14.0 Å². The fourth-order valence-electron chi connectivity index (χ4n) is 3.86. The maximum Gasteiger partial charge on any atom is 0.242 e. The molecule has 2 aromatic carbocycles. The number of amides is 2. The molecule has 1 fully saturated rings. The van der Waals surface area contributed by atoms with Crippen LogP contribution in [0.5, 0.6) is 0 Å². The molecule has 0 heterocycles. The lowest BCUT2D eigenvalue weighted by Gasteiger charge is -2.31. The van der Waals surface area contributed by atoms with E-state index in [1.807, 2.05) is 24.3 Å². The van der Waals surface area contributed by atoms with Crippen molar-refractivity contribution in [2.75, 3.05) is 5.75 Å². The molecule has 0 aromatic heterocycles. The Morgan fingerprint density at radius 3 is 2.34 bits per heavy atom. The predicted octanol–water partition coefficient (Wildman–Crippen LogP) is 5.58. The second-order valence-corrected chi connectivity index (χ2v) is 9.71.